The van der Waals surface area contributed by atoms with Crippen molar-refractivity contribution in [1.82, 2.24) is 14.8 Å². The number of nitrogens with zero attached hydrogens (tertiary/aromatic N) is 2. The number of hydrogen-bond donors (Lipinski definition) is 1. The van der Waals surface area contributed by atoms with Crippen LogP contribution in [0.1, 0.15) is 0 Å². The topological polar surface area (TPSA) is 33.6 Å². The third kappa shape index (κ3) is 1.55. The molecule has 3 aromatic rings. The van der Waals surface area contributed by atoms with E-state index in [2.05, 4.69) is 10.2 Å². The summed E-state index contributed by atoms with van der Waals surface area (Å²) in [7, 11) is 1.83. The lowest BCUT2D eigenvalue weighted by molar-refractivity contribution is 0.640. The van der Waals surface area contributed by atoms with Crippen molar-refractivity contribution in [3.63, 3.8) is 0 Å². The fourth-order valence-electron chi connectivity index (χ4n) is 2.05. The molecule has 1 aromatic heterocycles. The van der Waals surface area contributed by atoms with Crippen LogP contribution in [0.5, 0.6) is 0 Å². The molecule has 2 aromatic carbocycles. The summed E-state index contributed by atoms with van der Waals surface area (Å²) in [6.45, 7) is 0. The van der Waals surface area contributed by atoms with Crippen molar-refractivity contribution in [2.75, 3.05) is 0 Å². The summed E-state index contributed by atoms with van der Waals surface area (Å²) in [6.07, 6.45) is 0. The molecule has 0 aliphatic rings. The van der Waals surface area contributed by atoms with E-state index in [1.165, 1.54) is 6.07 Å². The fraction of sp³-hybridized carbons (Fsp3) is 0.0769. The third-order valence-electron chi connectivity index (χ3n) is 2.99. The molecule has 0 atom stereocenters. The first-order chi connectivity index (χ1) is 8.68. The van der Waals surface area contributed by atoms with Gasteiger partial charge in [0.25, 0.3) is 0 Å². The van der Waals surface area contributed by atoms with E-state index in [1.54, 1.807) is 16.7 Å². The second kappa shape index (κ2) is 4.03. The number of fused-ring (bicyclic) bond motifs is 1. The summed E-state index contributed by atoms with van der Waals surface area (Å²) in [5.74, 6) is 0.474. The van der Waals surface area contributed by atoms with Crippen molar-refractivity contribution in [1.29, 1.82) is 0 Å². The second-order valence-electron chi connectivity index (χ2n) is 4.05. The first kappa shape index (κ1) is 11.1. The number of aromatic amines is 1. The first-order valence-electron chi connectivity index (χ1n) is 5.47. The summed E-state index contributed by atoms with van der Waals surface area (Å²) in [5.41, 5.74) is 0.863. The molecule has 0 bridgehead atoms. The summed E-state index contributed by atoms with van der Waals surface area (Å²) >= 11 is 5.09. The predicted octanol–water partition coefficient (Wildman–Crippen LogP) is 3.44. The molecular formula is C13H10FN3S. The van der Waals surface area contributed by atoms with Crippen molar-refractivity contribution < 1.29 is 4.39 Å². The zero-order chi connectivity index (χ0) is 12.7. The Kier molecular flexibility index (Phi) is 2.48. The van der Waals surface area contributed by atoms with Gasteiger partial charge in [-0.1, -0.05) is 24.3 Å². The van der Waals surface area contributed by atoms with Crippen molar-refractivity contribution in [2.45, 2.75) is 0 Å². The van der Waals surface area contributed by atoms with Gasteiger partial charge < -0.3 is 4.57 Å². The molecule has 0 radical (unpaired) electrons. The molecule has 0 saturated carbocycles. The standard InChI is InChI=1S/C13H10FN3S/c1-17-12(15-16-13(17)18)10-6-7-11(14)9-5-3-2-4-8(9)10/h2-7H,1H3,(H,16,18). The van der Waals surface area contributed by atoms with Crippen LogP contribution in [0.3, 0.4) is 0 Å². The Morgan fingerprint density at radius 1 is 1.17 bits per heavy atom. The van der Waals surface area contributed by atoms with Gasteiger partial charge in [0.05, 0.1) is 0 Å². The number of hydrogen-bond acceptors (Lipinski definition) is 2. The Morgan fingerprint density at radius 3 is 2.56 bits per heavy atom. The molecule has 18 heavy (non-hydrogen) atoms. The molecule has 0 unspecified atom stereocenters. The quantitative estimate of drug-likeness (QED) is 0.679. The molecule has 1 N–H and O–H groups in total. The van der Waals surface area contributed by atoms with E-state index in [-0.39, 0.29) is 5.82 Å². The Hall–Kier alpha value is -2.01. The molecule has 0 spiro atoms. The number of aromatic nitrogens is 3. The highest BCUT2D eigenvalue weighted by Gasteiger charge is 2.11. The van der Waals surface area contributed by atoms with E-state index in [4.69, 9.17) is 12.2 Å². The molecule has 90 valence electrons. The van der Waals surface area contributed by atoms with Gasteiger partial charge >= 0.3 is 0 Å². The Morgan fingerprint density at radius 2 is 1.89 bits per heavy atom. The van der Waals surface area contributed by atoms with Gasteiger partial charge in [0.15, 0.2) is 10.6 Å². The highest BCUT2D eigenvalue weighted by atomic mass is 32.1. The molecule has 0 aliphatic carbocycles. The van der Waals surface area contributed by atoms with E-state index in [1.807, 2.05) is 25.2 Å². The molecule has 1 heterocycles. The lowest BCUT2D eigenvalue weighted by Crippen LogP contribution is -1.94. The zero-order valence-electron chi connectivity index (χ0n) is 9.64. The number of benzene rings is 2. The maximum Gasteiger partial charge on any atom is 0.195 e. The van der Waals surface area contributed by atoms with Crippen LogP contribution < -0.4 is 0 Å². The monoisotopic (exact) mass is 259 g/mol. The van der Waals surface area contributed by atoms with Gasteiger partial charge in [-0.25, -0.2) is 4.39 Å². The number of halogens is 1. The molecule has 5 heteroatoms. The lowest BCUT2D eigenvalue weighted by Gasteiger charge is -2.06. The number of nitrogens with one attached hydrogen (secondary N) is 1. The van der Waals surface area contributed by atoms with Crippen LogP contribution >= 0.6 is 12.2 Å². The van der Waals surface area contributed by atoms with Crippen molar-refractivity contribution in [2.24, 2.45) is 7.05 Å². The minimum Gasteiger partial charge on any atom is -0.303 e. The predicted molar refractivity (Wildman–Crippen MR) is 71.3 cm³/mol. The summed E-state index contributed by atoms with van der Waals surface area (Å²) in [5, 5.41) is 8.34. The summed E-state index contributed by atoms with van der Waals surface area (Å²) in [6, 6.07) is 10.5. The van der Waals surface area contributed by atoms with Crippen molar-refractivity contribution >= 4 is 23.0 Å². The summed E-state index contributed by atoms with van der Waals surface area (Å²) < 4.78 is 16.0. The third-order valence-corrected chi connectivity index (χ3v) is 3.36. The average molecular weight is 259 g/mol. The van der Waals surface area contributed by atoms with E-state index in [0.29, 0.717) is 16.0 Å². The Bertz CT molecular complexity index is 788. The normalized spacial score (nSPS) is 11.0. The molecule has 0 fully saturated rings. The molecule has 0 aliphatic heterocycles. The lowest BCUT2D eigenvalue weighted by atomic mass is 10.0. The van der Waals surface area contributed by atoms with Crippen molar-refractivity contribution in [3.05, 3.63) is 47.0 Å². The van der Waals surface area contributed by atoms with Gasteiger partial charge in [-0.2, -0.15) is 5.10 Å². The fourth-order valence-corrected chi connectivity index (χ4v) is 2.18. The maximum atomic E-state index is 13.7. The van der Waals surface area contributed by atoms with Crippen molar-refractivity contribution in [3.8, 4) is 11.4 Å². The largest absolute Gasteiger partial charge is 0.303 e. The number of H-pyrrole nitrogens is 1. The van der Waals surface area contributed by atoms with Gasteiger partial charge in [-0.3, -0.25) is 5.10 Å². The van der Waals surface area contributed by atoms with E-state index in [9.17, 15) is 4.39 Å². The van der Waals surface area contributed by atoms with Gasteiger partial charge in [0, 0.05) is 18.0 Å². The van der Waals surface area contributed by atoms with E-state index >= 15 is 0 Å². The van der Waals surface area contributed by atoms with Crippen LogP contribution in [0.2, 0.25) is 0 Å². The molecule has 0 amide bonds. The van der Waals surface area contributed by atoms with Gasteiger partial charge in [0.2, 0.25) is 0 Å². The summed E-state index contributed by atoms with van der Waals surface area (Å²) in [4.78, 5) is 0. The zero-order valence-corrected chi connectivity index (χ0v) is 10.5. The second-order valence-corrected chi connectivity index (χ2v) is 4.44. The Labute approximate surface area is 108 Å². The minimum absolute atomic E-state index is 0.230. The van der Waals surface area contributed by atoms with Gasteiger partial charge in [0.1, 0.15) is 5.82 Å². The van der Waals surface area contributed by atoms with Crippen LogP contribution in [0.25, 0.3) is 22.2 Å². The molecular weight excluding hydrogens is 249 g/mol. The smallest absolute Gasteiger partial charge is 0.195 e. The Balaban J connectivity index is 2.40. The van der Waals surface area contributed by atoms with E-state index < -0.39 is 0 Å². The molecule has 3 rings (SSSR count). The van der Waals surface area contributed by atoms with Gasteiger partial charge in [-0.15, -0.1) is 0 Å². The average Bonchev–Trinajstić information content (AvgIpc) is 2.71. The SMILES string of the molecule is Cn1c(-c2ccc(F)c3ccccc23)n[nH]c1=S. The first-order valence-corrected chi connectivity index (χ1v) is 5.88. The number of rotatable bonds is 1. The van der Waals surface area contributed by atoms with E-state index in [0.717, 1.165) is 10.9 Å². The van der Waals surface area contributed by atoms with Crippen LogP contribution in [-0.2, 0) is 7.05 Å². The van der Waals surface area contributed by atoms with Crippen LogP contribution in [-0.4, -0.2) is 14.8 Å². The van der Waals surface area contributed by atoms with Crippen LogP contribution in [0, 0.1) is 10.6 Å². The van der Waals surface area contributed by atoms with Crippen LogP contribution in [0.15, 0.2) is 36.4 Å². The van der Waals surface area contributed by atoms with Crippen LogP contribution in [0.4, 0.5) is 4.39 Å². The van der Waals surface area contributed by atoms with Gasteiger partial charge in [-0.05, 0) is 29.7 Å². The highest BCUT2D eigenvalue weighted by Crippen LogP contribution is 2.28. The highest BCUT2D eigenvalue weighted by molar-refractivity contribution is 7.71. The maximum absolute atomic E-state index is 13.7. The molecule has 3 nitrogen and oxygen atoms in total. The minimum atomic E-state index is -0.230. The molecule has 0 saturated heterocycles.